The van der Waals surface area contributed by atoms with Crippen LogP contribution >= 0.6 is 12.2 Å². The molecule has 0 bridgehead atoms. The molecule has 0 amide bonds. The number of para-hydroxylation sites is 2. The van der Waals surface area contributed by atoms with E-state index in [9.17, 15) is 0 Å². The molecule has 1 aliphatic carbocycles. The van der Waals surface area contributed by atoms with Gasteiger partial charge < -0.3 is 15.4 Å². The van der Waals surface area contributed by atoms with E-state index in [4.69, 9.17) is 17.0 Å². The van der Waals surface area contributed by atoms with Gasteiger partial charge in [-0.2, -0.15) is 0 Å². The first-order valence-corrected chi connectivity index (χ1v) is 8.41. The number of hydrogen-bond acceptors (Lipinski definition) is 2. The highest BCUT2D eigenvalue weighted by molar-refractivity contribution is 7.80. The van der Waals surface area contributed by atoms with Crippen molar-refractivity contribution in [3.63, 3.8) is 0 Å². The van der Waals surface area contributed by atoms with Gasteiger partial charge in [-0.1, -0.05) is 38.8 Å². The van der Waals surface area contributed by atoms with Crippen molar-refractivity contribution in [3.8, 4) is 5.75 Å². The first-order chi connectivity index (χ1) is 10.2. The largest absolute Gasteiger partial charge is 0.491 e. The second-order valence-corrected chi connectivity index (χ2v) is 6.22. The van der Waals surface area contributed by atoms with E-state index in [0.29, 0.717) is 17.1 Å². The molecule has 1 fully saturated rings. The summed E-state index contributed by atoms with van der Waals surface area (Å²) in [7, 11) is 0. The Hall–Kier alpha value is -1.29. The normalized spacial score (nSPS) is 21.6. The third-order valence-corrected chi connectivity index (χ3v) is 4.24. The van der Waals surface area contributed by atoms with Gasteiger partial charge >= 0.3 is 0 Å². The summed E-state index contributed by atoms with van der Waals surface area (Å²) in [6, 6.07) is 8.44. The lowest BCUT2D eigenvalue weighted by Gasteiger charge is -2.30. The molecule has 0 spiro atoms. The Kier molecular flexibility index (Phi) is 6.30. The lowest BCUT2D eigenvalue weighted by atomic mass is 9.86. The smallest absolute Gasteiger partial charge is 0.171 e. The third kappa shape index (κ3) is 4.88. The second kappa shape index (κ2) is 8.23. The van der Waals surface area contributed by atoms with Gasteiger partial charge in [-0.3, -0.25) is 0 Å². The fourth-order valence-electron chi connectivity index (χ4n) is 2.77. The lowest BCUT2D eigenvalue weighted by Crippen LogP contribution is -2.43. The SMILES string of the molecule is CCCOc1ccccc1NC(=S)N[C@@H]1CCCC[C@@H]1C. The average molecular weight is 306 g/mol. The molecule has 3 nitrogen and oxygen atoms in total. The van der Waals surface area contributed by atoms with Crippen molar-refractivity contribution in [1.29, 1.82) is 0 Å². The molecule has 0 unspecified atom stereocenters. The van der Waals surface area contributed by atoms with Crippen LogP contribution in [0.15, 0.2) is 24.3 Å². The molecule has 2 rings (SSSR count). The molecule has 21 heavy (non-hydrogen) atoms. The summed E-state index contributed by atoms with van der Waals surface area (Å²) in [6.07, 6.45) is 6.12. The summed E-state index contributed by atoms with van der Waals surface area (Å²) < 4.78 is 5.75. The molecule has 1 aromatic rings. The Morgan fingerprint density at radius 3 is 2.81 bits per heavy atom. The molecular formula is C17H26N2OS. The van der Waals surface area contributed by atoms with Crippen LogP contribution in [0.3, 0.4) is 0 Å². The highest BCUT2D eigenvalue weighted by atomic mass is 32.1. The van der Waals surface area contributed by atoms with E-state index in [1.165, 1.54) is 25.7 Å². The summed E-state index contributed by atoms with van der Waals surface area (Å²) in [5, 5.41) is 7.44. The highest BCUT2D eigenvalue weighted by Crippen LogP contribution is 2.26. The van der Waals surface area contributed by atoms with E-state index in [0.717, 1.165) is 24.5 Å². The van der Waals surface area contributed by atoms with Crippen molar-refractivity contribution in [2.75, 3.05) is 11.9 Å². The molecule has 4 heteroatoms. The van der Waals surface area contributed by atoms with Crippen LogP contribution in [0.1, 0.15) is 46.0 Å². The first-order valence-electron chi connectivity index (χ1n) is 8.00. The van der Waals surface area contributed by atoms with Crippen LogP contribution in [0.4, 0.5) is 5.69 Å². The Morgan fingerprint density at radius 2 is 2.05 bits per heavy atom. The van der Waals surface area contributed by atoms with Crippen molar-refractivity contribution in [1.82, 2.24) is 5.32 Å². The average Bonchev–Trinajstić information content (AvgIpc) is 2.49. The molecule has 0 saturated heterocycles. The zero-order valence-electron chi connectivity index (χ0n) is 13.0. The molecule has 0 heterocycles. The van der Waals surface area contributed by atoms with Gasteiger partial charge in [0.2, 0.25) is 0 Å². The van der Waals surface area contributed by atoms with Crippen molar-refractivity contribution >= 4 is 23.0 Å². The molecule has 1 aromatic carbocycles. The number of rotatable bonds is 5. The minimum atomic E-state index is 0.488. The van der Waals surface area contributed by atoms with Gasteiger partial charge in [0.25, 0.3) is 0 Å². The maximum atomic E-state index is 5.75. The molecular weight excluding hydrogens is 280 g/mol. The third-order valence-electron chi connectivity index (χ3n) is 4.02. The van der Waals surface area contributed by atoms with E-state index >= 15 is 0 Å². The Bertz CT molecular complexity index is 464. The Balaban J connectivity index is 1.92. The summed E-state index contributed by atoms with van der Waals surface area (Å²) in [6.45, 7) is 5.13. The minimum Gasteiger partial charge on any atom is -0.491 e. The topological polar surface area (TPSA) is 33.3 Å². The van der Waals surface area contributed by atoms with Crippen LogP contribution in [-0.2, 0) is 0 Å². The molecule has 2 atom stereocenters. The number of anilines is 1. The van der Waals surface area contributed by atoms with Crippen LogP contribution in [0.2, 0.25) is 0 Å². The molecule has 1 saturated carbocycles. The van der Waals surface area contributed by atoms with Crippen molar-refractivity contribution < 1.29 is 4.74 Å². The van der Waals surface area contributed by atoms with Gasteiger partial charge in [0.15, 0.2) is 5.11 Å². The van der Waals surface area contributed by atoms with Crippen LogP contribution in [0.25, 0.3) is 0 Å². The molecule has 0 aromatic heterocycles. The zero-order valence-corrected chi connectivity index (χ0v) is 13.8. The van der Waals surface area contributed by atoms with E-state index in [-0.39, 0.29) is 0 Å². The van der Waals surface area contributed by atoms with E-state index in [2.05, 4.69) is 24.5 Å². The van der Waals surface area contributed by atoms with E-state index in [1.54, 1.807) is 0 Å². The van der Waals surface area contributed by atoms with Crippen LogP contribution in [0, 0.1) is 5.92 Å². The molecule has 2 N–H and O–H groups in total. The van der Waals surface area contributed by atoms with Gasteiger partial charge in [0.1, 0.15) is 5.75 Å². The van der Waals surface area contributed by atoms with E-state index < -0.39 is 0 Å². The lowest BCUT2D eigenvalue weighted by molar-refractivity contribution is 0.309. The quantitative estimate of drug-likeness (QED) is 0.793. The standard InChI is InChI=1S/C17H26N2OS/c1-3-12-20-16-11-7-6-10-15(16)19-17(21)18-14-9-5-4-8-13(14)2/h6-7,10-11,13-14H,3-5,8-9,12H2,1-2H3,(H2,18,19,21)/t13-,14+/m0/s1. The van der Waals surface area contributed by atoms with Gasteiger partial charge in [0.05, 0.1) is 12.3 Å². The van der Waals surface area contributed by atoms with E-state index in [1.807, 2.05) is 24.3 Å². The van der Waals surface area contributed by atoms with Crippen LogP contribution < -0.4 is 15.4 Å². The fraction of sp³-hybridized carbons (Fsp3) is 0.588. The van der Waals surface area contributed by atoms with Crippen molar-refractivity contribution in [2.45, 2.75) is 52.0 Å². The number of thiocarbonyl (C=S) groups is 1. The van der Waals surface area contributed by atoms with Crippen LogP contribution in [-0.4, -0.2) is 17.8 Å². The summed E-state index contributed by atoms with van der Waals surface area (Å²) >= 11 is 5.46. The monoisotopic (exact) mass is 306 g/mol. The maximum absolute atomic E-state index is 5.75. The first kappa shape index (κ1) is 16.1. The fourth-order valence-corrected chi connectivity index (χ4v) is 3.03. The highest BCUT2D eigenvalue weighted by Gasteiger charge is 2.21. The maximum Gasteiger partial charge on any atom is 0.171 e. The summed E-state index contributed by atoms with van der Waals surface area (Å²) in [5.74, 6) is 1.55. The predicted molar refractivity (Wildman–Crippen MR) is 93.0 cm³/mol. The number of nitrogens with one attached hydrogen (secondary N) is 2. The summed E-state index contributed by atoms with van der Waals surface area (Å²) in [4.78, 5) is 0. The second-order valence-electron chi connectivity index (χ2n) is 5.81. The molecule has 1 aliphatic rings. The number of benzene rings is 1. The Morgan fingerprint density at radius 1 is 1.29 bits per heavy atom. The zero-order chi connectivity index (χ0) is 15.1. The van der Waals surface area contributed by atoms with Crippen LogP contribution in [0.5, 0.6) is 5.75 Å². The molecule has 116 valence electrons. The Labute approximate surface area is 133 Å². The minimum absolute atomic E-state index is 0.488. The molecule has 0 radical (unpaired) electrons. The van der Waals surface area contributed by atoms with Crippen molar-refractivity contribution in [3.05, 3.63) is 24.3 Å². The van der Waals surface area contributed by atoms with Crippen molar-refractivity contribution in [2.24, 2.45) is 5.92 Å². The van der Waals surface area contributed by atoms with Gasteiger partial charge in [-0.05, 0) is 49.5 Å². The number of ether oxygens (including phenoxy) is 1. The predicted octanol–water partition coefficient (Wildman–Crippen LogP) is 4.34. The summed E-state index contributed by atoms with van der Waals surface area (Å²) in [5.41, 5.74) is 0.937. The number of hydrogen-bond donors (Lipinski definition) is 2. The van der Waals surface area contributed by atoms with Gasteiger partial charge in [-0.15, -0.1) is 0 Å². The van der Waals surface area contributed by atoms with Gasteiger partial charge in [0, 0.05) is 6.04 Å². The molecule has 0 aliphatic heterocycles. The van der Waals surface area contributed by atoms with Gasteiger partial charge in [-0.25, -0.2) is 0 Å².